The molecule has 200 valence electrons. The van der Waals surface area contributed by atoms with E-state index in [9.17, 15) is 26.7 Å². The molecule has 1 unspecified atom stereocenters. The molecule has 3 rings (SSSR count). The first-order chi connectivity index (χ1) is 17.4. The number of rotatable bonds is 8. The minimum atomic E-state index is -4.55. The summed E-state index contributed by atoms with van der Waals surface area (Å²) in [5.74, 6) is -4.24. The molecule has 2 aromatic heterocycles. The number of piperidine rings is 1. The lowest BCUT2D eigenvalue weighted by atomic mass is 9.87. The summed E-state index contributed by atoms with van der Waals surface area (Å²) in [4.78, 5) is 22.3. The van der Waals surface area contributed by atoms with Crippen LogP contribution in [0.2, 0.25) is 0 Å². The molecule has 0 aliphatic carbocycles. The lowest BCUT2D eigenvalue weighted by molar-refractivity contribution is -0.145. The van der Waals surface area contributed by atoms with E-state index in [1.165, 1.54) is 25.6 Å². The molecule has 0 spiro atoms. The first kappa shape index (κ1) is 27.8. The van der Waals surface area contributed by atoms with Crippen LogP contribution in [0, 0.1) is 11.3 Å². The molecule has 3 heterocycles. The molecule has 0 radical (unpaired) electrons. The van der Waals surface area contributed by atoms with Gasteiger partial charge >= 0.3 is 6.18 Å². The molecule has 1 amide bonds. The second-order valence-corrected chi connectivity index (χ2v) is 8.65. The number of hydrogen-bond acceptors (Lipinski definition) is 7. The van der Waals surface area contributed by atoms with Gasteiger partial charge in [0.1, 0.15) is 17.3 Å². The average Bonchev–Trinajstić information content (AvgIpc) is 2.85. The fourth-order valence-corrected chi connectivity index (χ4v) is 4.09. The summed E-state index contributed by atoms with van der Waals surface area (Å²) >= 11 is 0. The van der Waals surface area contributed by atoms with Gasteiger partial charge in [-0.25, -0.2) is 13.8 Å². The number of likely N-dealkylation sites (tertiary alicyclic amines) is 1. The highest BCUT2D eigenvalue weighted by atomic mass is 19.4. The summed E-state index contributed by atoms with van der Waals surface area (Å²) in [7, 11) is 3.01. The van der Waals surface area contributed by atoms with Crippen LogP contribution in [0.3, 0.4) is 0 Å². The molecule has 1 aliphatic heterocycles. The number of nitrogens with one attached hydrogen (secondary N) is 3. The van der Waals surface area contributed by atoms with Gasteiger partial charge in [-0.15, -0.1) is 0 Å². The summed E-state index contributed by atoms with van der Waals surface area (Å²) in [6.45, 7) is 0.591. The van der Waals surface area contributed by atoms with E-state index in [1.54, 1.807) is 20.0 Å². The summed E-state index contributed by atoms with van der Waals surface area (Å²) in [5.41, 5.74) is -1.12. The SMILES string of the molecule is CN/C=C(\C(=N)C(=O)N1CC(F)(F)CC(C)[C@H]1CNc1ccc(C(F)(F)F)cn1)c1ccc(OC)cn1. The lowest BCUT2D eigenvalue weighted by Crippen LogP contribution is -2.58. The van der Waals surface area contributed by atoms with Crippen molar-refractivity contribution in [3.63, 3.8) is 0 Å². The third-order valence-corrected chi connectivity index (χ3v) is 5.94. The zero-order chi connectivity index (χ0) is 27.4. The Morgan fingerprint density at radius 2 is 1.97 bits per heavy atom. The summed E-state index contributed by atoms with van der Waals surface area (Å²) in [6, 6.07) is 4.32. The van der Waals surface area contributed by atoms with Crippen molar-refractivity contribution in [2.45, 2.75) is 31.5 Å². The largest absolute Gasteiger partial charge is 0.495 e. The summed E-state index contributed by atoms with van der Waals surface area (Å²) < 4.78 is 72.5. The molecule has 1 fully saturated rings. The molecule has 2 aromatic rings. The molecule has 8 nitrogen and oxygen atoms in total. The number of alkyl halides is 5. The van der Waals surface area contributed by atoms with E-state index in [4.69, 9.17) is 10.1 Å². The monoisotopic (exact) mass is 526 g/mol. The van der Waals surface area contributed by atoms with Crippen LogP contribution < -0.4 is 15.4 Å². The Morgan fingerprint density at radius 3 is 2.51 bits per heavy atom. The zero-order valence-electron chi connectivity index (χ0n) is 20.4. The first-order valence-corrected chi connectivity index (χ1v) is 11.3. The van der Waals surface area contributed by atoms with Gasteiger partial charge in [0.25, 0.3) is 11.8 Å². The Hall–Kier alpha value is -3.77. The van der Waals surface area contributed by atoms with Gasteiger partial charge in [-0.3, -0.25) is 15.2 Å². The Morgan fingerprint density at radius 1 is 1.24 bits per heavy atom. The van der Waals surface area contributed by atoms with E-state index in [1.807, 2.05) is 0 Å². The van der Waals surface area contributed by atoms with E-state index < -0.39 is 54.2 Å². The minimum absolute atomic E-state index is 0.0551. The lowest BCUT2D eigenvalue weighted by Gasteiger charge is -2.43. The number of halogens is 5. The molecule has 0 aromatic carbocycles. The number of aromatic nitrogens is 2. The van der Waals surface area contributed by atoms with Gasteiger partial charge in [0.05, 0.1) is 37.2 Å². The van der Waals surface area contributed by atoms with Crippen LogP contribution in [-0.4, -0.2) is 65.7 Å². The Balaban J connectivity index is 1.84. The standard InChI is InChI=1S/C24H27F5N6O2/c1-14-8-23(25,26)13-35(19(14)12-34-20-7-4-15(9-33-20)24(27,28)29)22(36)21(30)17(11-31-2)18-6-5-16(37-3)10-32-18/h4-7,9-11,14,19,30-31H,8,12-13H2,1-3H3,(H,33,34)/b17-11-,30-21?/t14?,19-/m1/s1. The van der Waals surface area contributed by atoms with E-state index in [0.717, 1.165) is 17.0 Å². The number of ether oxygens (including phenoxy) is 1. The number of carbonyl (C=O) groups is 1. The maximum absolute atomic E-state index is 14.5. The van der Waals surface area contributed by atoms with E-state index in [-0.39, 0.29) is 23.6 Å². The summed E-state index contributed by atoms with van der Waals surface area (Å²) in [6.07, 6.45) is -1.60. The van der Waals surface area contributed by atoms with Gasteiger partial charge in [0.15, 0.2) is 0 Å². The molecule has 1 aliphatic rings. The first-order valence-electron chi connectivity index (χ1n) is 11.3. The molecule has 2 atom stereocenters. The molecule has 0 saturated carbocycles. The normalized spacial score (nSPS) is 19.8. The van der Waals surface area contributed by atoms with Crippen molar-refractivity contribution < 1.29 is 31.5 Å². The van der Waals surface area contributed by atoms with Crippen molar-refractivity contribution in [2.24, 2.45) is 5.92 Å². The van der Waals surface area contributed by atoms with Crippen LogP contribution in [-0.2, 0) is 11.0 Å². The number of nitrogens with zero attached hydrogens (tertiary/aromatic N) is 3. The average molecular weight is 527 g/mol. The van der Waals surface area contributed by atoms with Gasteiger partial charge in [-0.05, 0) is 30.2 Å². The molecule has 0 bridgehead atoms. The van der Waals surface area contributed by atoms with Gasteiger partial charge in [-0.2, -0.15) is 13.2 Å². The number of methoxy groups -OCH3 is 1. The van der Waals surface area contributed by atoms with Gasteiger partial charge in [-0.1, -0.05) is 6.92 Å². The number of carbonyl (C=O) groups excluding carboxylic acids is 1. The highest BCUT2D eigenvalue weighted by molar-refractivity contribution is 6.54. The molecular formula is C24H27F5N6O2. The predicted octanol–water partition coefficient (Wildman–Crippen LogP) is 4.07. The highest BCUT2D eigenvalue weighted by Gasteiger charge is 2.46. The minimum Gasteiger partial charge on any atom is -0.495 e. The smallest absolute Gasteiger partial charge is 0.417 e. The van der Waals surface area contributed by atoms with Crippen LogP contribution in [0.5, 0.6) is 5.75 Å². The zero-order valence-corrected chi connectivity index (χ0v) is 20.4. The van der Waals surface area contributed by atoms with Crippen molar-refractivity contribution in [2.75, 3.05) is 32.6 Å². The Labute approximate surface area is 210 Å². The van der Waals surface area contributed by atoms with Crippen LogP contribution >= 0.6 is 0 Å². The van der Waals surface area contributed by atoms with E-state index in [0.29, 0.717) is 11.9 Å². The maximum atomic E-state index is 14.5. The number of anilines is 1. The number of hydrogen-bond donors (Lipinski definition) is 3. The van der Waals surface area contributed by atoms with E-state index in [2.05, 4.69) is 20.6 Å². The van der Waals surface area contributed by atoms with Crippen LogP contribution in [0.1, 0.15) is 24.6 Å². The van der Waals surface area contributed by atoms with Crippen molar-refractivity contribution in [1.29, 1.82) is 5.41 Å². The van der Waals surface area contributed by atoms with Crippen LogP contribution in [0.4, 0.5) is 27.8 Å². The Bertz CT molecular complexity index is 1140. The number of amides is 1. The quantitative estimate of drug-likeness (QED) is 0.354. The van der Waals surface area contributed by atoms with E-state index >= 15 is 0 Å². The molecule has 13 heteroatoms. The van der Waals surface area contributed by atoms with Crippen molar-refractivity contribution >= 4 is 23.0 Å². The molecule has 1 saturated heterocycles. The second-order valence-electron chi connectivity index (χ2n) is 8.65. The topological polar surface area (TPSA) is 103 Å². The molecular weight excluding hydrogens is 499 g/mol. The van der Waals surface area contributed by atoms with Crippen molar-refractivity contribution in [1.82, 2.24) is 20.2 Å². The van der Waals surface area contributed by atoms with Crippen molar-refractivity contribution in [3.8, 4) is 5.75 Å². The number of pyridine rings is 2. The van der Waals surface area contributed by atoms with Gasteiger partial charge in [0, 0.05) is 38.0 Å². The molecule has 37 heavy (non-hydrogen) atoms. The third-order valence-electron chi connectivity index (χ3n) is 5.94. The fourth-order valence-electron chi connectivity index (χ4n) is 4.09. The van der Waals surface area contributed by atoms with Gasteiger partial charge in [0.2, 0.25) is 0 Å². The van der Waals surface area contributed by atoms with Crippen molar-refractivity contribution in [3.05, 3.63) is 54.1 Å². The summed E-state index contributed by atoms with van der Waals surface area (Å²) in [5, 5.41) is 14.1. The second kappa shape index (κ2) is 11.1. The predicted molar refractivity (Wildman–Crippen MR) is 128 cm³/mol. The van der Waals surface area contributed by atoms with Crippen LogP contribution in [0.25, 0.3) is 5.57 Å². The third kappa shape index (κ3) is 6.71. The van der Waals surface area contributed by atoms with Gasteiger partial charge < -0.3 is 20.3 Å². The Kier molecular flexibility index (Phi) is 8.34. The highest BCUT2D eigenvalue weighted by Crippen LogP contribution is 2.35. The van der Waals surface area contributed by atoms with Crippen LogP contribution in [0.15, 0.2) is 42.9 Å². The fraction of sp³-hybridized carbons (Fsp3) is 0.417. The molecule has 3 N–H and O–H groups in total. The maximum Gasteiger partial charge on any atom is 0.417 e.